The molecule has 2 aromatic carbocycles. The van der Waals surface area contributed by atoms with Crippen molar-refractivity contribution >= 4 is 18.2 Å². The molecule has 3 heteroatoms. The van der Waals surface area contributed by atoms with Crippen LogP contribution in [-0.2, 0) is 6.42 Å². The number of piperidine rings is 1. The summed E-state index contributed by atoms with van der Waals surface area (Å²) >= 11 is 0. The van der Waals surface area contributed by atoms with Crippen LogP contribution in [0, 0.1) is 5.92 Å². The first-order valence-electron chi connectivity index (χ1n) is 8.68. The van der Waals surface area contributed by atoms with Crippen molar-refractivity contribution in [1.29, 1.82) is 0 Å². The van der Waals surface area contributed by atoms with Crippen molar-refractivity contribution in [3.05, 3.63) is 71.8 Å². The molecule has 0 N–H and O–H groups in total. The summed E-state index contributed by atoms with van der Waals surface area (Å²) in [6.07, 6.45) is 4.34. The number of hydrogen-bond donors (Lipinski definition) is 0. The topological polar surface area (TPSA) is 20.3 Å². The predicted molar refractivity (Wildman–Crippen MR) is 102 cm³/mol. The van der Waals surface area contributed by atoms with E-state index in [1.54, 1.807) is 0 Å². The monoisotopic (exact) mass is 343 g/mol. The van der Waals surface area contributed by atoms with Crippen molar-refractivity contribution in [1.82, 2.24) is 4.90 Å². The second kappa shape index (κ2) is 9.61. The molecular formula is C21H26ClNO. The summed E-state index contributed by atoms with van der Waals surface area (Å²) in [6, 6.07) is 20.4. The fraction of sp³-hybridized carbons (Fsp3) is 0.381. The summed E-state index contributed by atoms with van der Waals surface area (Å²) in [5, 5.41) is 0. The molecule has 0 aromatic heterocycles. The van der Waals surface area contributed by atoms with Crippen molar-refractivity contribution in [3.63, 3.8) is 0 Å². The lowest BCUT2D eigenvalue weighted by molar-refractivity contribution is 0.0839. The Morgan fingerprint density at radius 2 is 1.50 bits per heavy atom. The van der Waals surface area contributed by atoms with E-state index < -0.39 is 0 Å². The molecule has 2 aromatic rings. The first kappa shape index (κ1) is 18.7. The van der Waals surface area contributed by atoms with E-state index in [4.69, 9.17) is 0 Å². The molecular weight excluding hydrogens is 318 g/mol. The van der Waals surface area contributed by atoms with Crippen LogP contribution < -0.4 is 0 Å². The number of rotatable bonds is 6. The van der Waals surface area contributed by atoms with Crippen molar-refractivity contribution in [2.75, 3.05) is 19.6 Å². The average molecular weight is 344 g/mol. The molecule has 1 saturated heterocycles. The lowest BCUT2D eigenvalue weighted by Crippen LogP contribution is -2.37. The summed E-state index contributed by atoms with van der Waals surface area (Å²) < 4.78 is 0. The molecule has 0 bridgehead atoms. The first-order valence-corrected chi connectivity index (χ1v) is 8.68. The molecule has 0 amide bonds. The van der Waals surface area contributed by atoms with E-state index in [9.17, 15) is 4.79 Å². The maximum atomic E-state index is 12.5. The van der Waals surface area contributed by atoms with Gasteiger partial charge in [0.1, 0.15) is 0 Å². The number of benzene rings is 2. The van der Waals surface area contributed by atoms with Crippen molar-refractivity contribution in [3.8, 4) is 0 Å². The van der Waals surface area contributed by atoms with Gasteiger partial charge >= 0.3 is 0 Å². The quantitative estimate of drug-likeness (QED) is 0.712. The van der Waals surface area contributed by atoms with E-state index in [0.717, 1.165) is 44.5 Å². The molecule has 0 aliphatic carbocycles. The Bertz CT molecular complexity index is 606. The number of carbonyl (C=O) groups excluding carboxylic acids is 1. The molecule has 2 nitrogen and oxygen atoms in total. The highest BCUT2D eigenvalue weighted by molar-refractivity contribution is 5.97. The van der Waals surface area contributed by atoms with Crippen molar-refractivity contribution in [2.45, 2.75) is 25.7 Å². The standard InChI is InChI=1S/C21H25NO.ClH/c23-21(19-11-5-2-6-12-19)20-13-16-22(17-14-20)15-7-10-18-8-3-1-4-9-18;/h1-6,8-9,11-12,20H,7,10,13-17H2;1H. The molecule has 128 valence electrons. The number of hydrogen-bond acceptors (Lipinski definition) is 2. The smallest absolute Gasteiger partial charge is 0.166 e. The number of Topliss-reactive ketones (excluding diaryl/α,β-unsaturated/α-hetero) is 1. The van der Waals surface area contributed by atoms with Crippen LogP contribution in [0.4, 0.5) is 0 Å². The van der Waals surface area contributed by atoms with E-state index in [1.807, 2.05) is 30.3 Å². The Kier molecular flexibility index (Phi) is 7.48. The summed E-state index contributed by atoms with van der Waals surface area (Å²) in [6.45, 7) is 3.25. The third-order valence-electron chi connectivity index (χ3n) is 4.80. The van der Waals surface area contributed by atoms with Gasteiger partial charge in [-0.15, -0.1) is 12.4 Å². The SMILES string of the molecule is Cl.O=C(c1ccccc1)C1CCN(CCCc2ccccc2)CC1. The molecule has 1 fully saturated rings. The van der Waals surface area contributed by atoms with Gasteiger partial charge in [0.2, 0.25) is 0 Å². The van der Waals surface area contributed by atoms with Gasteiger partial charge in [-0.05, 0) is 50.9 Å². The van der Waals surface area contributed by atoms with Gasteiger partial charge in [-0.1, -0.05) is 60.7 Å². The molecule has 0 unspecified atom stereocenters. The normalized spacial score (nSPS) is 15.7. The van der Waals surface area contributed by atoms with Gasteiger partial charge in [-0.25, -0.2) is 0 Å². The van der Waals surface area contributed by atoms with E-state index in [0.29, 0.717) is 5.78 Å². The van der Waals surface area contributed by atoms with Crippen LogP contribution in [0.25, 0.3) is 0 Å². The maximum absolute atomic E-state index is 12.5. The van der Waals surface area contributed by atoms with Crippen molar-refractivity contribution in [2.24, 2.45) is 5.92 Å². The van der Waals surface area contributed by atoms with Crippen LogP contribution in [0.5, 0.6) is 0 Å². The Balaban J connectivity index is 0.00000208. The average Bonchev–Trinajstić information content (AvgIpc) is 2.63. The second-order valence-corrected chi connectivity index (χ2v) is 6.44. The molecule has 1 aliphatic rings. The summed E-state index contributed by atoms with van der Waals surface area (Å²) in [5.74, 6) is 0.539. The zero-order valence-corrected chi connectivity index (χ0v) is 14.9. The molecule has 0 radical (unpaired) electrons. The van der Waals surface area contributed by atoms with Gasteiger partial charge in [-0.2, -0.15) is 0 Å². The number of halogens is 1. The minimum atomic E-state index is 0. The van der Waals surface area contributed by atoms with Crippen LogP contribution in [0.3, 0.4) is 0 Å². The van der Waals surface area contributed by atoms with E-state index in [1.165, 1.54) is 12.0 Å². The molecule has 0 atom stereocenters. The van der Waals surface area contributed by atoms with Gasteiger partial charge in [-0.3, -0.25) is 4.79 Å². The number of nitrogens with zero attached hydrogens (tertiary/aromatic N) is 1. The summed E-state index contributed by atoms with van der Waals surface area (Å²) in [5.41, 5.74) is 2.29. The van der Waals surface area contributed by atoms with Gasteiger partial charge in [0.05, 0.1) is 0 Å². The summed E-state index contributed by atoms with van der Waals surface area (Å²) in [7, 11) is 0. The van der Waals surface area contributed by atoms with E-state index in [-0.39, 0.29) is 18.3 Å². The zero-order valence-electron chi connectivity index (χ0n) is 14.1. The first-order chi connectivity index (χ1) is 11.3. The highest BCUT2D eigenvalue weighted by Crippen LogP contribution is 2.22. The third kappa shape index (κ3) is 5.19. The Hall–Kier alpha value is -1.64. The highest BCUT2D eigenvalue weighted by Gasteiger charge is 2.25. The predicted octanol–water partition coefficient (Wildman–Crippen LogP) is 4.64. The molecule has 1 aliphatic heterocycles. The number of carbonyl (C=O) groups is 1. The number of ketones is 1. The van der Waals surface area contributed by atoms with Crippen LogP contribution in [0.15, 0.2) is 60.7 Å². The van der Waals surface area contributed by atoms with E-state index >= 15 is 0 Å². The molecule has 1 heterocycles. The largest absolute Gasteiger partial charge is 0.303 e. The van der Waals surface area contributed by atoms with Crippen LogP contribution in [-0.4, -0.2) is 30.3 Å². The number of likely N-dealkylation sites (tertiary alicyclic amines) is 1. The maximum Gasteiger partial charge on any atom is 0.166 e. The summed E-state index contributed by atoms with van der Waals surface area (Å²) in [4.78, 5) is 15.0. The second-order valence-electron chi connectivity index (χ2n) is 6.44. The molecule has 0 spiro atoms. The fourth-order valence-electron chi connectivity index (χ4n) is 3.41. The zero-order chi connectivity index (χ0) is 15.9. The van der Waals surface area contributed by atoms with Crippen LogP contribution in [0.1, 0.15) is 35.2 Å². The fourth-order valence-corrected chi connectivity index (χ4v) is 3.41. The highest BCUT2D eigenvalue weighted by atomic mass is 35.5. The molecule has 3 rings (SSSR count). The minimum absolute atomic E-state index is 0. The van der Waals surface area contributed by atoms with Crippen molar-refractivity contribution < 1.29 is 4.79 Å². The van der Waals surface area contributed by atoms with E-state index in [2.05, 4.69) is 35.2 Å². The Labute approximate surface area is 151 Å². The Morgan fingerprint density at radius 1 is 0.917 bits per heavy atom. The lowest BCUT2D eigenvalue weighted by Gasteiger charge is -2.31. The Morgan fingerprint density at radius 3 is 2.12 bits per heavy atom. The number of aryl methyl sites for hydroxylation is 1. The van der Waals surface area contributed by atoms with Gasteiger partial charge in [0, 0.05) is 11.5 Å². The van der Waals surface area contributed by atoms with Gasteiger partial charge in [0.15, 0.2) is 5.78 Å². The van der Waals surface area contributed by atoms with Crippen LogP contribution >= 0.6 is 12.4 Å². The van der Waals surface area contributed by atoms with Gasteiger partial charge < -0.3 is 4.90 Å². The molecule has 0 saturated carbocycles. The molecule has 24 heavy (non-hydrogen) atoms. The lowest BCUT2D eigenvalue weighted by atomic mass is 9.89. The van der Waals surface area contributed by atoms with Gasteiger partial charge in [0.25, 0.3) is 0 Å². The van der Waals surface area contributed by atoms with Crippen LogP contribution in [0.2, 0.25) is 0 Å². The minimum Gasteiger partial charge on any atom is -0.303 e. The third-order valence-corrected chi connectivity index (χ3v) is 4.80.